The lowest BCUT2D eigenvalue weighted by Gasteiger charge is -2.28. The smallest absolute Gasteiger partial charge is 0.245 e. The van der Waals surface area contributed by atoms with Crippen molar-refractivity contribution in [3.05, 3.63) is 35.9 Å². The van der Waals surface area contributed by atoms with Crippen molar-refractivity contribution < 1.29 is 68.1 Å². The maximum absolute atomic E-state index is 14.5. The summed E-state index contributed by atoms with van der Waals surface area (Å²) < 4.78 is 0. The van der Waals surface area contributed by atoms with Crippen LogP contribution in [0.25, 0.3) is 0 Å². The zero-order valence-corrected chi connectivity index (χ0v) is 49.7. The quantitative estimate of drug-likeness (QED) is 0.0353. The third-order valence-corrected chi connectivity index (χ3v) is 15.2. The molecule has 1 aliphatic rings. The number of aliphatic hydroxyl groups is 3. The number of Topliss-reactive ketones (excluding diaryl/α,β-unsaturated/α-hetero) is 4. The maximum atomic E-state index is 14.5. The number of amides is 7. The molecule has 1 aliphatic heterocycles. The first-order valence-electron chi connectivity index (χ1n) is 29.6. The van der Waals surface area contributed by atoms with E-state index in [0.29, 0.717) is 17.9 Å². The molecule has 14 atom stereocenters. The molecule has 0 aromatic heterocycles. The molecule has 20 N–H and O–H groups in total. The fraction of sp³-hybridized carbons (Fsp3) is 0.707. The lowest BCUT2D eigenvalue weighted by atomic mass is 9.90. The van der Waals surface area contributed by atoms with Gasteiger partial charge in [0.25, 0.3) is 0 Å². The molecule has 1 heterocycles. The van der Waals surface area contributed by atoms with Crippen LogP contribution in [0.15, 0.2) is 30.3 Å². The van der Waals surface area contributed by atoms with Crippen molar-refractivity contribution in [1.82, 2.24) is 37.2 Å². The van der Waals surface area contributed by atoms with Gasteiger partial charge in [-0.3, -0.25) is 52.7 Å². The second-order valence-electron chi connectivity index (χ2n) is 22.3. The Balaban J connectivity index is 2.66. The number of carbonyl (C=O) groups excluding carboxylic acids is 11. The molecule has 474 valence electrons. The highest BCUT2D eigenvalue weighted by molar-refractivity contribution is 5.99. The van der Waals surface area contributed by atoms with Gasteiger partial charge in [0.1, 0.15) is 30.0 Å². The monoisotopic (exact) mass is 1190 g/mol. The van der Waals surface area contributed by atoms with E-state index in [9.17, 15) is 68.1 Å². The molecule has 1 fully saturated rings. The molecule has 0 spiro atoms. The van der Waals surface area contributed by atoms with E-state index in [1.54, 1.807) is 30.3 Å². The average Bonchev–Trinajstić information content (AvgIpc) is 3.67. The number of carbonyl (C=O) groups is 11. The zero-order chi connectivity index (χ0) is 63.1. The third-order valence-electron chi connectivity index (χ3n) is 15.2. The van der Waals surface area contributed by atoms with Gasteiger partial charge in [0.05, 0.1) is 30.4 Å². The Kier molecular flexibility index (Phi) is 34.8. The lowest BCUT2D eigenvalue weighted by Crippen LogP contribution is -2.57. The second kappa shape index (κ2) is 39.5. The van der Waals surface area contributed by atoms with E-state index in [4.69, 9.17) is 28.7 Å². The summed E-state index contributed by atoms with van der Waals surface area (Å²) in [6.07, 6.45) is -3.64. The number of nitrogens with two attached hydrogens (primary N) is 5. The topological polar surface area (TPSA) is 463 Å². The Morgan fingerprint density at radius 2 is 1.13 bits per heavy atom. The Hall–Kier alpha value is -6.13. The summed E-state index contributed by atoms with van der Waals surface area (Å²) in [5.74, 6) is -12.7. The van der Waals surface area contributed by atoms with E-state index >= 15 is 0 Å². The second-order valence-corrected chi connectivity index (χ2v) is 22.3. The normalized spacial score (nSPS) is 23.6. The highest BCUT2D eigenvalue weighted by Gasteiger charge is 2.38. The van der Waals surface area contributed by atoms with Crippen molar-refractivity contribution in [3.63, 3.8) is 0 Å². The molecule has 26 heteroatoms. The molecule has 1 saturated heterocycles. The number of benzene rings is 1. The van der Waals surface area contributed by atoms with Crippen LogP contribution in [-0.2, 0) is 59.2 Å². The molecule has 0 unspecified atom stereocenters. The van der Waals surface area contributed by atoms with Crippen LogP contribution in [0.3, 0.4) is 0 Å². The Morgan fingerprint density at radius 1 is 0.607 bits per heavy atom. The van der Waals surface area contributed by atoms with Crippen molar-refractivity contribution in [2.45, 2.75) is 192 Å². The van der Waals surface area contributed by atoms with Gasteiger partial charge in [-0.25, -0.2) is 0 Å². The van der Waals surface area contributed by atoms with Gasteiger partial charge in [0, 0.05) is 62.3 Å². The number of nitrogens with one attached hydrogen (secondary N) is 7. The number of ketones is 4. The number of unbranched alkanes of at least 4 members (excludes halogenated alkanes) is 1. The van der Waals surface area contributed by atoms with Crippen molar-refractivity contribution in [3.8, 4) is 0 Å². The predicted octanol–water partition coefficient (Wildman–Crippen LogP) is -2.55. The minimum Gasteiger partial charge on any atom is -0.391 e. The van der Waals surface area contributed by atoms with Crippen LogP contribution in [0.4, 0.5) is 0 Å². The Labute approximate surface area is 493 Å². The van der Waals surface area contributed by atoms with E-state index < -0.39 is 169 Å². The van der Waals surface area contributed by atoms with Crippen LogP contribution in [0.2, 0.25) is 0 Å². The Bertz CT molecular complexity index is 2290. The summed E-state index contributed by atoms with van der Waals surface area (Å²) in [7, 11) is 0. The van der Waals surface area contributed by atoms with Gasteiger partial charge in [-0.1, -0.05) is 63.4 Å². The van der Waals surface area contributed by atoms with Crippen LogP contribution in [0.5, 0.6) is 0 Å². The van der Waals surface area contributed by atoms with Crippen LogP contribution >= 0.6 is 0 Å². The minimum absolute atomic E-state index is 0.0521. The molecule has 2 rings (SSSR count). The molecule has 0 radical (unpaired) electrons. The van der Waals surface area contributed by atoms with E-state index in [1.807, 2.05) is 0 Å². The standard InChI is InChI=1S/C58H98N12O14/c1-6-33(2)12-10-11-15-42(74)29-38(16-22-59)53(79)68-49(34(3)71)48(77)31-40(18-24-61)52(78)67-45-21-27-64-57(83)50(35(4)72)69-54(80)39(17-23-60)30-46(75)44(20-26-63)66-58(84)51(36(5)73)70-55(81)41(28-37-13-8-7-9-14-37)32-47(76)43(19-25-62)65-56(45)82/h7-9,13-14,33-36,38-41,43-45,49-51,71-73H,6,10-12,15-32,59-63H2,1-5H3,(H,64,83)(H,65,82)(H,66,84)(H,67,78)(H,68,79)(H,69,80)(H,70,81)/t33-,34+,35+,36+,38+,39+,40+,41+,43-,44-,45-,49-,50-,51-/m0/s1. The number of aliphatic hydroxyl groups excluding tert-OH is 3. The molecule has 1 aromatic carbocycles. The van der Waals surface area contributed by atoms with E-state index in [0.717, 1.165) is 19.3 Å². The predicted molar refractivity (Wildman–Crippen MR) is 313 cm³/mol. The fourth-order valence-corrected chi connectivity index (χ4v) is 9.87. The third kappa shape index (κ3) is 26.0. The van der Waals surface area contributed by atoms with Crippen molar-refractivity contribution in [2.75, 3.05) is 39.3 Å². The van der Waals surface area contributed by atoms with Crippen LogP contribution in [0.1, 0.15) is 136 Å². The van der Waals surface area contributed by atoms with Gasteiger partial charge in [0.15, 0.2) is 17.3 Å². The average molecular weight is 1190 g/mol. The van der Waals surface area contributed by atoms with Gasteiger partial charge < -0.3 is 81.2 Å². The first kappa shape index (κ1) is 74.0. The van der Waals surface area contributed by atoms with Crippen LogP contribution < -0.4 is 65.9 Å². The van der Waals surface area contributed by atoms with Crippen molar-refractivity contribution in [2.24, 2.45) is 58.3 Å². The maximum Gasteiger partial charge on any atom is 0.245 e. The van der Waals surface area contributed by atoms with Gasteiger partial charge in [-0.15, -0.1) is 0 Å². The summed E-state index contributed by atoms with van der Waals surface area (Å²) in [6, 6.07) is -0.721. The molecule has 1 aromatic rings. The van der Waals surface area contributed by atoms with Crippen molar-refractivity contribution >= 4 is 64.5 Å². The SMILES string of the molecule is CC[C@H](C)CCCCC(=O)C[C@@H](CCN)C(=O)N[C@H](C(=O)C[C@@H](CCN)C(=O)N[C@H]1CCNC(=O)[C@H]([C@@H](C)O)NC(=O)[C@H](CCN)CC(=O)[C@H](CCN)NC(=O)[C@H]([C@@H](C)O)NC(=O)[C@H](Cc2ccccc2)CC(=O)[C@H](CCN)NC1=O)[C@@H](C)O. The fourth-order valence-electron chi connectivity index (χ4n) is 9.87. The van der Waals surface area contributed by atoms with E-state index in [2.05, 4.69) is 51.1 Å². The summed E-state index contributed by atoms with van der Waals surface area (Å²) in [5.41, 5.74) is 30.0. The minimum atomic E-state index is -1.69. The number of hydrogen-bond donors (Lipinski definition) is 15. The van der Waals surface area contributed by atoms with Crippen molar-refractivity contribution in [1.29, 1.82) is 0 Å². The van der Waals surface area contributed by atoms with Crippen LogP contribution in [0, 0.1) is 29.6 Å². The number of hydrogen-bond acceptors (Lipinski definition) is 19. The largest absolute Gasteiger partial charge is 0.391 e. The zero-order valence-electron chi connectivity index (χ0n) is 49.7. The van der Waals surface area contributed by atoms with E-state index in [-0.39, 0.29) is 89.9 Å². The molecule has 84 heavy (non-hydrogen) atoms. The molecule has 0 saturated carbocycles. The molecule has 7 amide bonds. The van der Waals surface area contributed by atoms with Crippen LogP contribution in [-0.4, -0.2) is 174 Å². The Morgan fingerprint density at radius 3 is 1.65 bits per heavy atom. The molecule has 0 aliphatic carbocycles. The molecule has 26 nitrogen and oxygen atoms in total. The van der Waals surface area contributed by atoms with Gasteiger partial charge in [0.2, 0.25) is 41.4 Å². The number of rotatable bonds is 30. The first-order valence-corrected chi connectivity index (χ1v) is 29.6. The summed E-state index contributed by atoms with van der Waals surface area (Å²) in [4.78, 5) is 154. The highest BCUT2D eigenvalue weighted by atomic mass is 16.3. The summed E-state index contributed by atoms with van der Waals surface area (Å²) in [6.45, 7) is 7.00. The molecular formula is C58H98N12O14. The van der Waals surface area contributed by atoms with Gasteiger partial charge >= 0.3 is 0 Å². The summed E-state index contributed by atoms with van der Waals surface area (Å²) in [5, 5.41) is 50.3. The van der Waals surface area contributed by atoms with Gasteiger partial charge in [-0.2, -0.15) is 0 Å². The van der Waals surface area contributed by atoms with E-state index in [1.165, 1.54) is 20.8 Å². The molecule has 0 bridgehead atoms. The molecular weight excluding hydrogens is 1090 g/mol. The summed E-state index contributed by atoms with van der Waals surface area (Å²) >= 11 is 0. The first-order chi connectivity index (χ1) is 39.8. The van der Waals surface area contributed by atoms with Gasteiger partial charge in [-0.05, 0) is 116 Å². The highest BCUT2D eigenvalue weighted by Crippen LogP contribution is 2.21. The lowest BCUT2D eigenvalue weighted by molar-refractivity contribution is -0.137.